The summed E-state index contributed by atoms with van der Waals surface area (Å²) in [6.07, 6.45) is 2.26. The lowest BCUT2D eigenvalue weighted by atomic mass is 10.1. The number of rotatable bonds is 7. The molecule has 1 N–H and O–H groups in total. The monoisotopic (exact) mass is 328 g/mol. The molecule has 0 aliphatic heterocycles. The number of benzene rings is 1. The SMILES string of the molecule is CCOc1ccc(CCC(=O)Nc2c(C#N)cnn2C)cc1OC. The van der Waals surface area contributed by atoms with E-state index >= 15 is 0 Å². The minimum atomic E-state index is -0.178. The fourth-order valence-corrected chi connectivity index (χ4v) is 2.26. The van der Waals surface area contributed by atoms with Crippen molar-refractivity contribution in [3.05, 3.63) is 35.5 Å². The van der Waals surface area contributed by atoms with Gasteiger partial charge in [0.1, 0.15) is 17.5 Å². The van der Waals surface area contributed by atoms with Crippen LogP contribution in [0.2, 0.25) is 0 Å². The highest BCUT2D eigenvalue weighted by Crippen LogP contribution is 2.28. The molecule has 126 valence electrons. The van der Waals surface area contributed by atoms with Gasteiger partial charge in [-0.2, -0.15) is 10.4 Å². The van der Waals surface area contributed by atoms with Crippen LogP contribution in [0.25, 0.3) is 0 Å². The maximum atomic E-state index is 12.1. The summed E-state index contributed by atoms with van der Waals surface area (Å²) >= 11 is 0. The van der Waals surface area contributed by atoms with E-state index in [9.17, 15) is 4.79 Å². The van der Waals surface area contributed by atoms with Crippen molar-refractivity contribution in [3.8, 4) is 17.6 Å². The number of carbonyl (C=O) groups excluding carboxylic acids is 1. The molecule has 0 saturated heterocycles. The highest BCUT2D eigenvalue weighted by atomic mass is 16.5. The molecule has 1 heterocycles. The second kappa shape index (κ2) is 8.02. The number of nitriles is 1. The second-order valence-electron chi connectivity index (χ2n) is 5.11. The molecule has 0 aliphatic rings. The van der Waals surface area contributed by atoms with Crippen LogP contribution in [-0.2, 0) is 18.3 Å². The smallest absolute Gasteiger partial charge is 0.225 e. The molecule has 24 heavy (non-hydrogen) atoms. The summed E-state index contributed by atoms with van der Waals surface area (Å²) in [7, 11) is 3.26. The van der Waals surface area contributed by atoms with Crippen LogP contribution in [0, 0.1) is 11.3 Å². The minimum absolute atomic E-state index is 0.178. The molecule has 0 aliphatic carbocycles. The van der Waals surface area contributed by atoms with Gasteiger partial charge in [0.05, 0.1) is 19.9 Å². The lowest BCUT2D eigenvalue weighted by molar-refractivity contribution is -0.116. The van der Waals surface area contributed by atoms with E-state index in [1.54, 1.807) is 14.2 Å². The highest BCUT2D eigenvalue weighted by Gasteiger charge is 2.12. The number of aryl methyl sites for hydroxylation is 2. The summed E-state index contributed by atoms with van der Waals surface area (Å²) in [6.45, 7) is 2.47. The normalized spacial score (nSPS) is 10.1. The van der Waals surface area contributed by atoms with Gasteiger partial charge in [-0.3, -0.25) is 9.48 Å². The van der Waals surface area contributed by atoms with Gasteiger partial charge in [0.15, 0.2) is 11.5 Å². The number of hydrogen-bond donors (Lipinski definition) is 1. The fraction of sp³-hybridized carbons (Fsp3) is 0.353. The zero-order valence-corrected chi connectivity index (χ0v) is 14.0. The first-order valence-electron chi connectivity index (χ1n) is 7.60. The third kappa shape index (κ3) is 4.04. The van der Waals surface area contributed by atoms with Crippen LogP contribution in [0.4, 0.5) is 5.82 Å². The van der Waals surface area contributed by atoms with E-state index in [0.717, 1.165) is 5.56 Å². The molecular weight excluding hydrogens is 308 g/mol. The van der Waals surface area contributed by atoms with E-state index in [-0.39, 0.29) is 12.3 Å². The van der Waals surface area contributed by atoms with Gasteiger partial charge in [-0.15, -0.1) is 0 Å². The first-order chi connectivity index (χ1) is 11.6. The molecule has 2 rings (SSSR count). The van der Waals surface area contributed by atoms with Crippen LogP contribution in [0.5, 0.6) is 11.5 Å². The van der Waals surface area contributed by atoms with Gasteiger partial charge in [-0.1, -0.05) is 6.07 Å². The fourth-order valence-electron chi connectivity index (χ4n) is 2.26. The van der Waals surface area contributed by atoms with Crippen molar-refractivity contribution < 1.29 is 14.3 Å². The predicted octanol–water partition coefficient (Wildman–Crippen LogP) is 2.27. The summed E-state index contributed by atoms with van der Waals surface area (Å²) in [6, 6.07) is 7.61. The summed E-state index contributed by atoms with van der Waals surface area (Å²) < 4.78 is 12.2. The van der Waals surface area contributed by atoms with Gasteiger partial charge in [-0.05, 0) is 31.0 Å². The maximum absolute atomic E-state index is 12.1. The average Bonchev–Trinajstić information content (AvgIpc) is 2.94. The van der Waals surface area contributed by atoms with Crippen LogP contribution < -0.4 is 14.8 Å². The number of nitrogens with one attached hydrogen (secondary N) is 1. The lowest BCUT2D eigenvalue weighted by Gasteiger charge is -2.11. The number of nitrogens with zero attached hydrogens (tertiary/aromatic N) is 3. The van der Waals surface area contributed by atoms with E-state index in [1.165, 1.54) is 10.9 Å². The number of amides is 1. The Balaban J connectivity index is 1.99. The maximum Gasteiger partial charge on any atom is 0.225 e. The van der Waals surface area contributed by atoms with Gasteiger partial charge < -0.3 is 14.8 Å². The van der Waals surface area contributed by atoms with E-state index < -0.39 is 0 Å². The molecular formula is C17H20N4O3. The zero-order chi connectivity index (χ0) is 17.5. The summed E-state index contributed by atoms with van der Waals surface area (Å²) in [5, 5.41) is 15.7. The number of hydrogen-bond acceptors (Lipinski definition) is 5. The van der Waals surface area contributed by atoms with Crippen LogP contribution in [0.1, 0.15) is 24.5 Å². The second-order valence-corrected chi connectivity index (χ2v) is 5.11. The van der Waals surface area contributed by atoms with E-state index in [4.69, 9.17) is 14.7 Å². The molecule has 0 radical (unpaired) electrons. The highest BCUT2D eigenvalue weighted by molar-refractivity contribution is 5.91. The molecule has 0 spiro atoms. The number of carbonyl (C=O) groups is 1. The van der Waals surface area contributed by atoms with E-state index in [2.05, 4.69) is 10.4 Å². The Kier molecular flexibility index (Phi) is 5.79. The third-order valence-electron chi connectivity index (χ3n) is 3.49. The van der Waals surface area contributed by atoms with Crippen LogP contribution in [-0.4, -0.2) is 29.4 Å². The summed E-state index contributed by atoms with van der Waals surface area (Å²) in [4.78, 5) is 12.1. The topological polar surface area (TPSA) is 89.2 Å². The number of anilines is 1. The van der Waals surface area contributed by atoms with Gasteiger partial charge in [0.2, 0.25) is 5.91 Å². The van der Waals surface area contributed by atoms with Crippen LogP contribution in [0.15, 0.2) is 24.4 Å². The minimum Gasteiger partial charge on any atom is -0.493 e. The molecule has 1 amide bonds. The lowest BCUT2D eigenvalue weighted by Crippen LogP contribution is -2.15. The summed E-state index contributed by atoms with van der Waals surface area (Å²) in [5.74, 6) is 1.56. The Bertz CT molecular complexity index is 762. The molecule has 0 fully saturated rings. The Hall–Kier alpha value is -3.01. The van der Waals surface area contributed by atoms with E-state index in [0.29, 0.717) is 35.9 Å². The molecule has 0 saturated carbocycles. The van der Waals surface area contributed by atoms with E-state index in [1.807, 2.05) is 31.2 Å². The molecule has 1 aromatic carbocycles. The molecule has 0 atom stereocenters. The Morgan fingerprint density at radius 2 is 2.21 bits per heavy atom. The molecule has 2 aromatic rings. The Morgan fingerprint density at radius 3 is 2.88 bits per heavy atom. The third-order valence-corrected chi connectivity index (χ3v) is 3.49. The standard InChI is InChI=1S/C17H20N4O3/c1-4-24-14-7-5-12(9-15(14)23-3)6-8-16(22)20-17-13(10-18)11-19-21(17)2/h5,7,9,11H,4,6,8H2,1-3H3,(H,20,22). The molecule has 7 heteroatoms. The Morgan fingerprint density at radius 1 is 1.42 bits per heavy atom. The van der Waals surface area contributed by atoms with Crippen molar-refractivity contribution in [2.45, 2.75) is 19.8 Å². The largest absolute Gasteiger partial charge is 0.493 e. The van der Waals surface area contributed by atoms with Crippen molar-refractivity contribution >= 4 is 11.7 Å². The summed E-state index contributed by atoms with van der Waals surface area (Å²) in [5.41, 5.74) is 1.31. The predicted molar refractivity (Wildman–Crippen MR) is 89.0 cm³/mol. The first-order valence-corrected chi connectivity index (χ1v) is 7.60. The van der Waals surface area contributed by atoms with Crippen molar-refractivity contribution in [1.29, 1.82) is 5.26 Å². The quantitative estimate of drug-likeness (QED) is 0.842. The van der Waals surface area contributed by atoms with Crippen molar-refractivity contribution in [3.63, 3.8) is 0 Å². The first kappa shape index (κ1) is 17.3. The number of methoxy groups -OCH3 is 1. The van der Waals surface area contributed by atoms with Gasteiger partial charge >= 0.3 is 0 Å². The van der Waals surface area contributed by atoms with Gasteiger partial charge in [-0.25, -0.2) is 0 Å². The van der Waals surface area contributed by atoms with Crippen molar-refractivity contribution in [2.24, 2.45) is 7.05 Å². The molecule has 0 unspecified atom stereocenters. The molecule has 7 nitrogen and oxygen atoms in total. The number of aromatic nitrogens is 2. The zero-order valence-electron chi connectivity index (χ0n) is 14.0. The van der Waals surface area contributed by atoms with Crippen molar-refractivity contribution in [1.82, 2.24) is 9.78 Å². The van der Waals surface area contributed by atoms with Crippen LogP contribution >= 0.6 is 0 Å². The molecule has 1 aromatic heterocycles. The van der Waals surface area contributed by atoms with Crippen LogP contribution in [0.3, 0.4) is 0 Å². The van der Waals surface area contributed by atoms with Crippen molar-refractivity contribution in [2.75, 3.05) is 19.0 Å². The van der Waals surface area contributed by atoms with Gasteiger partial charge in [0, 0.05) is 13.5 Å². The average molecular weight is 328 g/mol. The molecule has 0 bridgehead atoms. The Labute approximate surface area is 140 Å². The number of ether oxygens (including phenoxy) is 2. The van der Waals surface area contributed by atoms with Gasteiger partial charge in [0.25, 0.3) is 0 Å².